The number of nitrogens with two attached hydrogens (primary N) is 2. The highest BCUT2D eigenvalue weighted by Gasteiger charge is 2.16. The van der Waals surface area contributed by atoms with Crippen molar-refractivity contribution in [1.82, 2.24) is 14.8 Å². The van der Waals surface area contributed by atoms with E-state index in [0.29, 0.717) is 17.7 Å². The highest BCUT2D eigenvalue weighted by Crippen LogP contribution is 2.23. The number of fused-ring (bicyclic) bond motifs is 1. The molecule has 0 aliphatic rings. The standard InChI is InChI=1S/C14H12IN5O/c15-9-3-4-18-12(6-9)20-11-2-1-8(7-16)5-10(11)13(19-20)14(17)21/h1-6H,7,16H2,(H2,17,21). The van der Waals surface area contributed by atoms with Gasteiger partial charge in [-0.2, -0.15) is 5.10 Å². The molecule has 0 bridgehead atoms. The number of carbonyl (C=O) groups is 1. The second-order valence-electron chi connectivity index (χ2n) is 4.51. The highest BCUT2D eigenvalue weighted by atomic mass is 127. The maximum absolute atomic E-state index is 11.6. The summed E-state index contributed by atoms with van der Waals surface area (Å²) in [4.78, 5) is 15.9. The number of halogens is 1. The first-order valence-corrected chi connectivity index (χ1v) is 7.31. The molecule has 0 atom stereocenters. The number of amides is 1. The van der Waals surface area contributed by atoms with Gasteiger partial charge in [-0.1, -0.05) is 6.07 Å². The van der Waals surface area contributed by atoms with Crippen LogP contribution in [-0.2, 0) is 6.54 Å². The van der Waals surface area contributed by atoms with E-state index in [1.165, 1.54) is 0 Å². The second-order valence-corrected chi connectivity index (χ2v) is 5.76. The molecule has 0 aliphatic carbocycles. The third kappa shape index (κ3) is 2.49. The van der Waals surface area contributed by atoms with Gasteiger partial charge in [-0.3, -0.25) is 4.79 Å². The lowest BCUT2D eigenvalue weighted by Crippen LogP contribution is -2.13. The molecule has 21 heavy (non-hydrogen) atoms. The zero-order valence-corrected chi connectivity index (χ0v) is 13.1. The van der Waals surface area contributed by atoms with Crippen LogP contribution in [0.1, 0.15) is 16.1 Å². The molecule has 0 radical (unpaired) electrons. The van der Waals surface area contributed by atoms with E-state index in [9.17, 15) is 4.79 Å². The van der Waals surface area contributed by atoms with Crippen LogP contribution in [0.25, 0.3) is 16.7 Å². The first-order chi connectivity index (χ1) is 10.1. The van der Waals surface area contributed by atoms with E-state index in [1.54, 1.807) is 10.9 Å². The summed E-state index contributed by atoms with van der Waals surface area (Å²) in [7, 11) is 0. The Morgan fingerprint density at radius 1 is 1.29 bits per heavy atom. The lowest BCUT2D eigenvalue weighted by molar-refractivity contribution is 0.0996. The Kier molecular flexibility index (Phi) is 3.60. The normalized spacial score (nSPS) is 11.0. The fourth-order valence-electron chi connectivity index (χ4n) is 2.16. The number of rotatable bonds is 3. The Labute approximate surface area is 134 Å². The Balaban J connectivity index is 2.31. The van der Waals surface area contributed by atoms with Gasteiger partial charge < -0.3 is 11.5 Å². The van der Waals surface area contributed by atoms with Gasteiger partial charge >= 0.3 is 0 Å². The number of carbonyl (C=O) groups excluding carboxylic acids is 1. The SMILES string of the molecule is NCc1ccc2c(c1)c(C(N)=O)nn2-c1cc(I)ccn1. The molecule has 0 saturated carbocycles. The number of primary amides is 1. The van der Waals surface area contributed by atoms with Gasteiger partial charge in [0, 0.05) is 21.7 Å². The molecule has 0 aliphatic heterocycles. The zero-order valence-electron chi connectivity index (χ0n) is 11.0. The molecule has 1 amide bonds. The van der Waals surface area contributed by atoms with Crippen LogP contribution in [-0.4, -0.2) is 20.7 Å². The Morgan fingerprint density at radius 2 is 2.10 bits per heavy atom. The van der Waals surface area contributed by atoms with Crippen LogP contribution in [0, 0.1) is 3.57 Å². The van der Waals surface area contributed by atoms with E-state index in [1.807, 2.05) is 30.3 Å². The third-order valence-electron chi connectivity index (χ3n) is 3.14. The molecule has 1 aromatic carbocycles. The number of pyridine rings is 1. The molecular weight excluding hydrogens is 381 g/mol. The summed E-state index contributed by atoms with van der Waals surface area (Å²) in [5.74, 6) is 0.0680. The van der Waals surface area contributed by atoms with Crippen LogP contribution in [0.15, 0.2) is 36.5 Å². The minimum Gasteiger partial charge on any atom is -0.364 e. The van der Waals surface area contributed by atoms with E-state index >= 15 is 0 Å². The molecule has 2 aromatic heterocycles. The molecule has 2 heterocycles. The highest BCUT2D eigenvalue weighted by molar-refractivity contribution is 14.1. The topological polar surface area (TPSA) is 99.8 Å². The predicted octanol–water partition coefficient (Wildman–Crippen LogP) is 1.58. The van der Waals surface area contributed by atoms with Crippen molar-refractivity contribution in [1.29, 1.82) is 0 Å². The maximum atomic E-state index is 11.6. The van der Waals surface area contributed by atoms with E-state index in [0.717, 1.165) is 14.7 Å². The van der Waals surface area contributed by atoms with Gasteiger partial charge in [-0.15, -0.1) is 0 Å². The fraction of sp³-hybridized carbons (Fsp3) is 0.0714. The average molecular weight is 393 g/mol. The summed E-state index contributed by atoms with van der Waals surface area (Å²) in [5, 5.41) is 5.00. The Bertz CT molecular complexity index is 842. The number of hydrogen-bond donors (Lipinski definition) is 2. The lowest BCUT2D eigenvalue weighted by Gasteiger charge is -2.03. The van der Waals surface area contributed by atoms with Crippen molar-refractivity contribution in [3.8, 4) is 5.82 Å². The average Bonchev–Trinajstić information content (AvgIpc) is 2.86. The summed E-state index contributed by atoms with van der Waals surface area (Å²) in [6.07, 6.45) is 1.70. The first-order valence-electron chi connectivity index (χ1n) is 6.23. The molecule has 106 valence electrons. The Morgan fingerprint density at radius 3 is 2.76 bits per heavy atom. The summed E-state index contributed by atoms with van der Waals surface area (Å²) < 4.78 is 2.65. The smallest absolute Gasteiger partial charge is 0.269 e. The fourth-order valence-corrected chi connectivity index (χ4v) is 2.60. The summed E-state index contributed by atoms with van der Waals surface area (Å²) in [5.41, 5.74) is 13.0. The van der Waals surface area contributed by atoms with Gasteiger partial charge in [0.2, 0.25) is 0 Å². The van der Waals surface area contributed by atoms with Crippen LogP contribution in [0.2, 0.25) is 0 Å². The minimum atomic E-state index is -0.571. The molecule has 0 saturated heterocycles. The van der Waals surface area contributed by atoms with E-state index in [2.05, 4.69) is 32.7 Å². The molecule has 0 spiro atoms. The summed E-state index contributed by atoms with van der Waals surface area (Å²) in [6.45, 7) is 0.390. The van der Waals surface area contributed by atoms with Crippen molar-refractivity contribution in [3.05, 3.63) is 51.4 Å². The van der Waals surface area contributed by atoms with E-state index < -0.39 is 5.91 Å². The molecule has 6 nitrogen and oxygen atoms in total. The zero-order chi connectivity index (χ0) is 15.0. The first kappa shape index (κ1) is 14.0. The van der Waals surface area contributed by atoms with Gasteiger partial charge in [-0.25, -0.2) is 9.67 Å². The largest absolute Gasteiger partial charge is 0.364 e. The van der Waals surface area contributed by atoms with E-state index in [4.69, 9.17) is 11.5 Å². The maximum Gasteiger partial charge on any atom is 0.269 e. The van der Waals surface area contributed by atoms with Crippen molar-refractivity contribution >= 4 is 39.4 Å². The van der Waals surface area contributed by atoms with E-state index in [-0.39, 0.29) is 5.69 Å². The van der Waals surface area contributed by atoms with Crippen molar-refractivity contribution in [3.63, 3.8) is 0 Å². The van der Waals surface area contributed by atoms with Gasteiger partial charge in [0.05, 0.1) is 5.52 Å². The molecular formula is C14H12IN5O. The van der Waals surface area contributed by atoms with Gasteiger partial charge in [0.25, 0.3) is 5.91 Å². The molecule has 4 N–H and O–H groups in total. The van der Waals surface area contributed by atoms with Crippen LogP contribution in [0.5, 0.6) is 0 Å². The third-order valence-corrected chi connectivity index (χ3v) is 3.81. The van der Waals surface area contributed by atoms with Crippen molar-refractivity contribution in [2.75, 3.05) is 0 Å². The lowest BCUT2D eigenvalue weighted by atomic mass is 10.1. The summed E-state index contributed by atoms with van der Waals surface area (Å²) in [6, 6.07) is 9.39. The minimum absolute atomic E-state index is 0.223. The van der Waals surface area contributed by atoms with Crippen LogP contribution in [0.3, 0.4) is 0 Å². The van der Waals surface area contributed by atoms with Crippen molar-refractivity contribution < 1.29 is 4.79 Å². The molecule has 7 heteroatoms. The monoisotopic (exact) mass is 393 g/mol. The number of nitrogens with zero attached hydrogens (tertiary/aromatic N) is 3. The van der Waals surface area contributed by atoms with Crippen LogP contribution >= 0.6 is 22.6 Å². The summed E-state index contributed by atoms with van der Waals surface area (Å²) >= 11 is 2.20. The van der Waals surface area contributed by atoms with Gasteiger partial charge in [-0.05, 0) is 52.4 Å². The molecule has 3 rings (SSSR count). The number of benzene rings is 1. The van der Waals surface area contributed by atoms with Gasteiger partial charge in [0.15, 0.2) is 11.5 Å². The van der Waals surface area contributed by atoms with Crippen LogP contribution < -0.4 is 11.5 Å². The number of hydrogen-bond acceptors (Lipinski definition) is 4. The second kappa shape index (κ2) is 5.41. The van der Waals surface area contributed by atoms with Crippen molar-refractivity contribution in [2.24, 2.45) is 11.5 Å². The molecule has 0 fully saturated rings. The Hall–Kier alpha value is -2.00. The van der Waals surface area contributed by atoms with Crippen molar-refractivity contribution in [2.45, 2.75) is 6.54 Å². The molecule has 0 unspecified atom stereocenters. The predicted molar refractivity (Wildman–Crippen MR) is 88.0 cm³/mol. The molecule has 3 aromatic rings. The number of aromatic nitrogens is 3. The quantitative estimate of drug-likeness (QED) is 0.660. The van der Waals surface area contributed by atoms with Crippen LogP contribution in [0.4, 0.5) is 0 Å². The van der Waals surface area contributed by atoms with Gasteiger partial charge in [0.1, 0.15) is 0 Å².